The first-order valence-electron chi connectivity index (χ1n) is 6.19. The molecule has 3 nitrogen and oxygen atoms in total. The number of sulfone groups is 1. The van der Waals surface area contributed by atoms with Gasteiger partial charge in [0.1, 0.15) is 21.5 Å². The molecule has 0 aliphatic heterocycles. The molecular weight excluding hydrogens is 272 g/mol. The van der Waals surface area contributed by atoms with Gasteiger partial charge in [0.25, 0.3) is 0 Å². The Hall–Kier alpha value is -1.01. The summed E-state index contributed by atoms with van der Waals surface area (Å²) in [4.78, 5) is 0. The Kier molecular flexibility index (Phi) is 5.87. The molecule has 0 amide bonds. The molecule has 6 heteroatoms. The van der Waals surface area contributed by atoms with Crippen molar-refractivity contribution in [3.63, 3.8) is 0 Å². The van der Waals surface area contributed by atoms with Crippen LogP contribution in [0.15, 0.2) is 18.2 Å². The van der Waals surface area contributed by atoms with E-state index in [1.807, 2.05) is 6.92 Å². The van der Waals surface area contributed by atoms with E-state index in [1.54, 1.807) is 0 Å². The van der Waals surface area contributed by atoms with Crippen LogP contribution in [0.4, 0.5) is 8.78 Å². The van der Waals surface area contributed by atoms with Gasteiger partial charge in [-0.15, -0.1) is 0 Å². The molecule has 0 spiro atoms. The minimum absolute atomic E-state index is 0.0651. The van der Waals surface area contributed by atoms with E-state index >= 15 is 0 Å². The maximum atomic E-state index is 13.7. The molecule has 1 atom stereocenters. The lowest BCUT2D eigenvalue weighted by Gasteiger charge is -2.19. The van der Waals surface area contributed by atoms with Gasteiger partial charge in [0.2, 0.25) is 0 Å². The molecule has 1 N–H and O–H groups in total. The molecule has 1 rings (SSSR count). The van der Waals surface area contributed by atoms with E-state index in [9.17, 15) is 17.2 Å². The Bertz CT molecular complexity index is 517. The van der Waals surface area contributed by atoms with Crippen molar-refractivity contribution in [2.24, 2.45) is 0 Å². The molecule has 0 aliphatic carbocycles. The monoisotopic (exact) mass is 291 g/mol. The molecule has 0 heterocycles. The molecule has 0 bridgehead atoms. The lowest BCUT2D eigenvalue weighted by Crippen LogP contribution is -2.25. The third kappa shape index (κ3) is 5.65. The summed E-state index contributed by atoms with van der Waals surface area (Å²) < 4.78 is 49.3. The largest absolute Gasteiger partial charge is 0.310 e. The van der Waals surface area contributed by atoms with Crippen molar-refractivity contribution in [2.45, 2.75) is 25.8 Å². The Morgan fingerprint density at radius 1 is 1.32 bits per heavy atom. The Balaban J connectivity index is 2.91. The number of hydrogen-bond donors (Lipinski definition) is 1. The zero-order chi connectivity index (χ0) is 14.5. The minimum atomic E-state index is -3.13. The predicted octanol–water partition coefficient (Wildman–Crippen LogP) is 2.44. The quantitative estimate of drug-likeness (QED) is 0.839. The maximum absolute atomic E-state index is 13.7. The zero-order valence-electron chi connectivity index (χ0n) is 11.1. The average Bonchev–Trinajstić information content (AvgIpc) is 2.32. The average molecular weight is 291 g/mol. The summed E-state index contributed by atoms with van der Waals surface area (Å²) in [7, 11) is -3.13. The van der Waals surface area contributed by atoms with Crippen molar-refractivity contribution < 1.29 is 17.2 Å². The molecular formula is C13H19F2NO2S. The standard InChI is InChI=1S/C13H19F2NO2S/c1-3-7-16-13(6-8-19(2,17)18)11-9-10(14)4-5-12(11)15/h4-5,9,13,16H,3,6-8H2,1-2H3. The number of benzene rings is 1. The fraction of sp³-hybridized carbons (Fsp3) is 0.538. The molecule has 0 radical (unpaired) electrons. The fourth-order valence-electron chi connectivity index (χ4n) is 1.80. The molecule has 108 valence electrons. The van der Waals surface area contributed by atoms with E-state index < -0.39 is 27.5 Å². The van der Waals surface area contributed by atoms with Crippen molar-refractivity contribution in [2.75, 3.05) is 18.6 Å². The molecule has 1 aromatic rings. The van der Waals surface area contributed by atoms with Gasteiger partial charge in [0.15, 0.2) is 0 Å². The van der Waals surface area contributed by atoms with E-state index in [4.69, 9.17) is 0 Å². The van der Waals surface area contributed by atoms with Crippen LogP contribution in [0.3, 0.4) is 0 Å². The highest BCUT2D eigenvalue weighted by molar-refractivity contribution is 7.90. The van der Waals surface area contributed by atoms with E-state index in [2.05, 4.69) is 5.32 Å². The number of nitrogens with one attached hydrogen (secondary N) is 1. The smallest absolute Gasteiger partial charge is 0.147 e. The van der Waals surface area contributed by atoms with E-state index in [0.29, 0.717) is 6.54 Å². The number of halogens is 2. The Morgan fingerprint density at radius 2 is 2.00 bits per heavy atom. The van der Waals surface area contributed by atoms with Crippen LogP contribution in [-0.2, 0) is 9.84 Å². The van der Waals surface area contributed by atoms with E-state index in [-0.39, 0.29) is 17.7 Å². The first kappa shape index (κ1) is 16.0. The summed E-state index contributed by atoms with van der Waals surface area (Å²) in [5, 5.41) is 3.06. The van der Waals surface area contributed by atoms with Gasteiger partial charge in [-0.2, -0.15) is 0 Å². The molecule has 1 aromatic carbocycles. The van der Waals surface area contributed by atoms with E-state index in [1.165, 1.54) is 0 Å². The molecule has 1 unspecified atom stereocenters. The van der Waals surface area contributed by atoms with Crippen LogP contribution < -0.4 is 5.32 Å². The van der Waals surface area contributed by atoms with Crippen molar-refractivity contribution in [1.29, 1.82) is 0 Å². The highest BCUT2D eigenvalue weighted by atomic mass is 32.2. The van der Waals surface area contributed by atoms with Crippen LogP contribution in [0.1, 0.15) is 31.4 Å². The number of rotatable bonds is 7. The van der Waals surface area contributed by atoms with Gasteiger partial charge >= 0.3 is 0 Å². The summed E-state index contributed by atoms with van der Waals surface area (Å²) in [5.41, 5.74) is 0.178. The van der Waals surface area contributed by atoms with E-state index in [0.717, 1.165) is 30.9 Å². The van der Waals surface area contributed by atoms with Gasteiger partial charge in [-0.25, -0.2) is 17.2 Å². The predicted molar refractivity (Wildman–Crippen MR) is 71.7 cm³/mol. The summed E-state index contributed by atoms with van der Waals surface area (Å²) in [6, 6.07) is 2.73. The molecule has 0 fully saturated rings. The Labute approximate surface area is 112 Å². The third-order valence-electron chi connectivity index (χ3n) is 2.75. The third-order valence-corrected chi connectivity index (χ3v) is 3.73. The highest BCUT2D eigenvalue weighted by Gasteiger charge is 2.18. The normalized spacial score (nSPS) is 13.5. The summed E-state index contributed by atoms with van der Waals surface area (Å²) in [5.74, 6) is -1.12. The first-order valence-corrected chi connectivity index (χ1v) is 8.25. The van der Waals surface area contributed by atoms with Gasteiger partial charge < -0.3 is 5.32 Å². The topological polar surface area (TPSA) is 46.2 Å². The van der Waals surface area contributed by atoms with Crippen LogP contribution in [0.2, 0.25) is 0 Å². The summed E-state index contributed by atoms with van der Waals surface area (Å²) >= 11 is 0. The van der Waals surface area contributed by atoms with Crippen molar-refractivity contribution >= 4 is 9.84 Å². The second-order valence-corrected chi connectivity index (χ2v) is 6.85. The van der Waals surface area contributed by atoms with Crippen LogP contribution in [0.5, 0.6) is 0 Å². The summed E-state index contributed by atoms with van der Waals surface area (Å²) in [6.07, 6.45) is 2.18. The van der Waals surface area contributed by atoms with Crippen molar-refractivity contribution in [3.8, 4) is 0 Å². The van der Waals surface area contributed by atoms with Gasteiger partial charge in [0, 0.05) is 17.9 Å². The first-order chi connectivity index (χ1) is 8.83. The second-order valence-electron chi connectivity index (χ2n) is 4.59. The van der Waals surface area contributed by atoms with Crippen LogP contribution in [0.25, 0.3) is 0 Å². The van der Waals surface area contributed by atoms with Gasteiger partial charge in [-0.3, -0.25) is 0 Å². The molecule has 0 saturated heterocycles. The second kappa shape index (κ2) is 6.96. The number of hydrogen-bond acceptors (Lipinski definition) is 3. The van der Waals surface area contributed by atoms with Crippen LogP contribution >= 0.6 is 0 Å². The molecule has 0 aliphatic rings. The Morgan fingerprint density at radius 3 is 2.58 bits per heavy atom. The van der Waals surface area contributed by atoms with Gasteiger partial charge in [-0.1, -0.05) is 6.92 Å². The van der Waals surface area contributed by atoms with Crippen LogP contribution in [0, 0.1) is 11.6 Å². The SMILES string of the molecule is CCCNC(CCS(C)(=O)=O)c1cc(F)ccc1F. The highest BCUT2D eigenvalue weighted by Crippen LogP contribution is 2.22. The van der Waals surface area contributed by atoms with Crippen molar-refractivity contribution in [3.05, 3.63) is 35.4 Å². The van der Waals surface area contributed by atoms with Gasteiger partial charge in [0.05, 0.1) is 5.75 Å². The molecule has 19 heavy (non-hydrogen) atoms. The lowest BCUT2D eigenvalue weighted by molar-refractivity contribution is 0.481. The molecule has 0 saturated carbocycles. The molecule has 0 aromatic heterocycles. The fourth-order valence-corrected chi connectivity index (χ4v) is 2.46. The van der Waals surface area contributed by atoms with Gasteiger partial charge in [-0.05, 0) is 37.6 Å². The lowest BCUT2D eigenvalue weighted by atomic mass is 10.0. The maximum Gasteiger partial charge on any atom is 0.147 e. The van der Waals surface area contributed by atoms with Crippen LogP contribution in [-0.4, -0.2) is 27.0 Å². The zero-order valence-corrected chi connectivity index (χ0v) is 11.9. The van der Waals surface area contributed by atoms with Crippen molar-refractivity contribution in [1.82, 2.24) is 5.32 Å². The summed E-state index contributed by atoms with van der Waals surface area (Å²) in [6.45, 7) is 2.56. The minimum Gasteiger partial charge on any atom is -0.310 e.